The topological polar surface area (TPSA) is 116 Å². The molecule has 1 saturated heterocycles. The average molecular weight is 549 g/mol. The van der Waals surface area contributed by atoms with E-state index >= 15 is 0 Å². The Morgan fingerprint density at radius 1 is 0.800 bits per heavy atom. The molecule has 1 heterocycles. The van der Waals surface area contributed by atoms with Crippen molar-refractivity contribution in [3.8, 4) is 5.75 Å². The number of rotatable bonds is 10. The number of hydrogen-bond donors (Lipinski definition) is 4. The van der Waals surface area contributed by atoms with Crippen LogP contribution in [0.5, 0.6) is 5.75 Å². The third-order valence-corrected chi connectivity index (χ3v) is 7.44. The molecule has 40 heavy (non-hydrogen) atoms. The molecule has 3 aromatic carbocycles. The van der Waals surface area contributed by atoms with Crippen molar-refractivity contribution in [1.82, 2.24) is 0 Å². The largest absolute Gasteiger partial charge is 0.488 e. The van der Waals surface area contributed by atoms with Crippen molar-refractivity contribution in [1.29, 1.82) is 0 Å². The molecule has 8 heteroatoms. The van der Waals surface area contributed by atoms with E-state index in [4.69, 9.17) is 9.47 Å². The quantitative estimate of drug-likeness (QED) is 0.227. The first kappa shape index (κ1) is 29.5. The van der Waals surface area contributed by atoms with Crippen LogP contribution in [-0.2, 0) is 9.53 Å². The van der Waals surface area contributed by atoms with Gasteiger partial charge in [0.15, 0.2) is 12.2 Å². The van der Waals surface area contributed by atoms with Crippen LogP contribution in [0.15, 0.2) is 84.9 Å². The number of carbonyl (C=O) groups is 1. The fourth-order valence-corrected chi connectivity index (χ4v) is 5.17. The van der Waals surface area contributed by atoms with Crippen LogP contribution in [0.1, 0.15) is 30.0 Å². The summed E-state index contributed by atoms with van der Waals surface area (Å²) in [5, 5.41) is 40.0. The zero-order valence-corrected chi connectivity index (χ0v) is 23.1. The summed E-state index contributed by atoms with van der Waals surface area (Å²) in [6.45, 7) is 2.76. The maximum absolute atomic E-state index is 11.5. The minimum absolute atomic E-state index is 0.0185. The van der Waals surface area contributed by atoms with Crippen molar-refractivity contribution in [2.24, 2.45) is 0 Å². The van der Waals surface area contributed by atoms with E-state index in [0.29, 0.717) is 12.3 Å². The predicted octanol–water partition coefficient (Wildman–Crippen LogP) is 3.40. The first-order valence-corrected chi connectivity index (χ1v) is 13.5. The lowest BCUT2D eigenvalue weighted by Crippen LogP contribution is -2.68. The lowest BCUT2D eigenvalue weighted by Gasteiger charge is -2.46. The van der Waals surface area contributed by atoms with E-state index in [1.807, 2.05) is 60.7 Å². The summed E-state index contributed by atoms with van der Waals surface area (Å²) in [6, 6.07) is 28.6. The van der Waals surface area contributed by atoms with Gasteiger partial charge >= 0.3 is 5.97 Å². The number of carboxylic acids is 1. The Labute approximate surface area is 234 Å². The van der Waals surface area contributed by atoms with Crippen molar-refractivity contribution in [2.75, 3.05) is 27.2 Å². The second-order valence-electron chi connectivity index (χ2n) is 10.6. The van der Waals surface area contributed by atoms with Crippen molar-refractivity contribution in [2.45, 2.75) is 44.0 Å². The number of aliphatic hydroxyl groups is 3. The highest BCUT2D eigenvalue weighted by Crippen LogP contribution is 2.35. The molecule has 1 fully saturated rings. The van der Waals surface area contributed by atoms with E-state index in [1.54, 1.807) is 14.1 Å². The van der Waals surface area contributed by atoms with Crippen LogP contribution in [-0.4, -0.2) is 88.8 Å². The molecule has 212 valence electrons. The van der Waals surface area contributed by atoms with Crippen LogP contribution in [0.3, 0.4) is 0 Å². The zero-order valence-electron chi connectivity index (χ0n) is 23.1. The Hall–Kier alpha value is -3.53. The summed E-state index contributed by atoms with van der Waals surface area (Å²) in [4.78, 5) is 11.5. The summed E-state index contributed by atoms with van der Waals surface area (Å²) in [5.74, 6) is -0.736. The van der Waals surface area contributed by atoms with Gasteiger partial charge in [0.1, 0.15) is 31.1 Å². The smallest absolute Gasteiger partial charge is 0.335 e. The predicted molar refractivity (Wildman–Crippen MR) is 152 cm³/mol. The number of hydrogen-bond acceptors (Lipinski definition) is 6. The average Bonchev–Trinajstić information content (AvgIpc) is 2.95. The third kappa shape index (κ3) is 6.43. The maximum atomic E-state index is 11.5. The minimum atomic E-state index is -1.72. The van der Waals surface area contributed by atoms with Gasteiger partial charge in [-0.2, -0.15) is 0 Å². The molecule has 0 aromatic heterocycles. The van der Waals surface area contributed by atoms with Gasteiger partial charge in [-0.1, -0.05) is 79.7 Å². The molecule has 0 aliphatic carbocycles. The van der Waals surface area contributed by atoms with E-state index in [1.165, 1.54) is 11.1 Å². The SMILES string of the molecule is CC/C(=C(/c1ccccc1)c1ccc(OCC[N+](C)(C)C2OC(C(=O)O)C(O)C(O)C2O)cc1)c1ccccc1. The lowest BCUT2D eigenvalue weighted by molar-refractivity contribution is -0.944. The van der Waals surface area contributed by atoms with Crippen LogP contribution in [0.2, 0.25) is 0 Å². The molecule has 0 bridgehead atoms. The van der Waals surface area contributed by atoms with Gasteiger partial charge in [-0.15, -0.1) is 0 Å². The molecule has 0 amide bonds. The standard InChI is InChI=1S/C32H37NO7/c1-4-25(21-11-7-5-8-12-21)26(22-13-9-6-10-14-22)23-15-17-24(18-16-23)39-20-19-33(2,3)31-29(36)27(34)28(35)30(40-31)32(37)38/h5-18,27-31,34-36H,4,19-20H2,1-3H3/p+1/b26-25+. The molecule has 5 atom stereocenters. The Morgan fingerprint density at radius 2 is 1.35 bits per heavy atom. The molecule has 4 rings (SSSR count). The van der Waals surface area contributed by atoms with Gasteiger partial charge in [0, 0.05) is 0 Å². The number of aliphatic hydroxyl groups excluding tert-OH is 3. The van der Waals surface area contributed by atoms with E-state index in [0.717, 1.165) is 23.1 Å². The van der Waals surface area contributed by atoms with E-state index in [-0.39, 0.29) is 11.1 Å². The molecule has 0 spiro atoms. The molecule has 4 N–H and O–H groups in total. The van der Waals surface area contributed by atoms with Crippen LogP contribution in [0.4, 0.5) is 0 Å². The van der Waals surface area contributed by atoms with Gasteiger partial charge in [0.2, 0.25) is 6.23 Å². The monoisotopic (exact) mass is 548 g/mol. The number of nitrogens with zero attached hydrogens (tertiary/aromatic N) is 1. The van der Waals surface area contributed by atoms with Gasteiger partial charge in [0.25, 0.3) is 0 Å². The van der Waals surface area contributed by atoms with Gasteiger partial charge in [0.05, 0.1) is 14.1 Å². The fraction of sp³-hybridized carbons (Fsp3) is 0.344. The normalized spacial score (nSPS) is 23.8. The Balaban J connectivity index is 1.50. The molecule has 0 saturated carbocycles. The second-order valence-corrected chi connectivity index (χ2v) is 10.6. The summed E-state index contributed by atoms with van der Waals surface area (Å²) < 4.78 is 11.5. The van der Waals surface area contributed by atoms with Crippen LogP contribution in [0.25, 0.3) is 11.1 Å². The summed E-state index contributed by atoms with van der Waals surface area (Å²) >= 11 is 0. The molecule has 0 radical (unpaired) electrons. The molecule has 1 aliphatic heterocycles. The Morgan fingerprint density at radius 3 is 1.90 bits per heavy atom. The number of likely N-dealkylation sites (N-methyl/N-ethyl adjacent to an activating group) is 1. The number of carboxylic acid groups (broad SMARTS) is 1. The molecule has 8 nitrogen and oxygen atoms in total. The number of benzene rings is 3. The van der Waals surface area contributed by atoms with Crippen molar-refractivity contribution >= 4 is 17.1 Å². The summed E-state index contributed by atoms with van der Waals surface area (Å²) in [6.07, 6.45) is -6.65. The minimum Gasteiger partial charge on any atom is -0.488 e. The highest BCUT2D eigenvalue weighted by molar-refractivity contribution is 5.98. The van der Waals surface area contributed by atoms with Crippen molar-refractivity contribution < 1.29 is 39.2 Å². The highest BCUT2D eigenvalue weighted by atomic mass is 16.6. The van der Waals surface area contributed by atoms with E-state index in [9.17, 15) is 25.2 Å². The Bertz CT molecular complexity index is 1290. The zero-order chi connectivity index (χ0) is 28.9. The molecular formula is C32H38NO7+. The lowest BCUT2D eigenvalue weighted by atomic mass is 9.88. The first-order chi connectivity index (χ1) is 19.1. The third-order valence-electron chi connectivity index (χ3n) is 7.44. The van der Waals surface area contributed by atoms with Crippen LogP contribution < -0.4 is 4.74 Å². The van der Waals surface area contributed by atoms with Crippen LogP contribution in [0, 0.1) is 0 Å². The number of ether oxygens (including phenoxy) is 2. The number of aliphatic carboxylic acids is 1. The number of quaternary nitrogens is 1. The summed E-state index contributed by atoms with van der Waals surface area (Å²) in [5.41, 5.74) is 5.79. The van der Waals surface area contributed by atoms with Crippen molar-refractivity contribution in [3.05, 3.63) is 102 Å². The molecular weight excluding hydrogens is 510 g/mol. The van der Waals surface area contributed by atoms with E-state index < -0.39 is 36.6 Å². The van der Waals surface area contributed by atoms with Crippen LogP contribution >= 0.6 is 0 Å². The van der Waals surface area contributed by atoms with Gasteiger partial charge in [-0.3, -0.25) is 4.48 Å². The fourth-order valence-electron chi connectivity index (χ4n) is 5.17. The first-order valence-electron chi connectivity index (χ1n) is 13.5. The molecule has 1 aliphatic rings. The molecule has 5 unspecified atom stereocenters. The highest BCUT2D eigenvalue weighted by Gasteiger charge is 2.52. The van der Waals surface area contributed by atoms with Gasteiger partial charge in [-0.25, -0.2) is 4.79 Å². The van der Waals surface area contributed by atoms with Gasteiger partial charge in [-0.05, 0) is 46.4 Å². The summed E-state index contributed by atoms with van der Waals surface area (Å²) in [7, 11) is 3.49. The second kappa shape index (κ2) is 12.8. The number of allylic oxidation sites excluding steroid dienone is 1. The molecule has 3 aromatic rings. The van der Waals surface area contributed by atoms with E-state index in [2.05, 4.69) is 31.2 Å². The Kier molecular flexibility index (Phi) is 9.40. The van der Waals surface area contributed by atoms with Gasteiger partial charge < -0.3 is 29.9 Å². The maximum Gasteiger partial charge on any atom is 0.335 e. The van der Waals surface area contributed by atoms with Crippen molar-refractivity contribution in [3.63, 3.8) is 0 Å².